The van der Waals surface area contributed by atoms with Gasteiger partial charge in [0.05, 0.1) is 5.56 Å². The number of esters is 1. The zero-order chi connectivity index (χ0) is 9.68. The van der Waals surface area contributed by atoms with E-state index in [-0.39, 0.29) is 6.61 Å². The van der Waals surface area contributed by atoms with E-state index < -0.39 is 5.97 Å². The number of aromatic nitrogens is 1. The molecule has 1 aromatic rings. The molecule has 0 fully saturated rings. The van der Waals surface area contributed by atoms with Gasteiger partial charge >= 0.3 is 5.97 Å². The van der Waals surface area contributed by atoms with E-state index in [1.165, 1.54) is 6.20 Å². The van der Waals surface area contributed by atoms with Gasteiger partial charge in [0, 0.05) is 11.9 Å². The highest BCUT2D eigenvalue weighted by molar-refractivity contribution is 5.89. The molecule has 4 heteroatoms. The molecule has 1 heterocycles. The van der Waals surface area contributed by atoms with E-state index in [2.05, 4.69) is 9.72 Å². The number of nitrogens with zero attached hydrogens (tertiary/aromatic N) is 2. The molecule has 0 aliphatic rings. The average molecular weight is 176 g/mol. The summed E-state index contributed by atoms with van der Waals surface area (Å²) in [5, 5.41) is 8.16. The second kappa shape index (κ2) is 4.21. The standard InChI is InChI=1S/C9H8N2O2/c1-7-2-3-8(6-11-7)9(12)13-5-4-10/h2-3,6H,5H2,1H3. The second-order valence-corrected chi connectivity index (χ2v) is 2.42. The van der Waals surface area contributed by atoms with Crippen molar-refractivity contribution in [2.24, 2.45) is 0 Å². The number of aryl methyl sites for hydroxylation is 1. The van der Waals surface area contributed by atoms with Gasteiger partial charge in [-0.15, -0.1) is 0 Å². The zero-order valence-electron chi connectivity index (χ0n) is 7.15. The van der Waals surface area contributed by atoms with Crippen molar-refractivity contribution in [3.63, 3.8) is 0 Å². The number of nitriles is 1. The van der Waals surface area contributed by atoms with Gasteiger partial charge in [-0.25, -0.2) is 4.79 Å². The first-order chi connectivity index (χ1) is 6.24. The Morgan fingerprint density at radius 1 is 1.69 bits per heavy atom. The van der Waals surface area contributed by atoms with E-state index in [0.717, 1.165) is 5.69 Å². The Bertz CT molecular complexity index is 338. The zero-order valence-corrected chi connectivity index (χ0v) is 7.15. The molecule has 0 saturated carbocycles. The van der Waals surface area contributed by atoms with Crippen LogP contribution in [0.5, 0.6) is 0 Å². The highest BCUT2D eigenvalue weighted by Gasteiger charge is 2.05. The van der Waals surface area contributed by atoms with Crippen molar-refractivity contribution in [2.45, 2.75) is 6.92 Å². The van der Waals surface area contributed by atoms with Gasteiger partial charge in [0.15, 0.2) is 6.61 Å². The first-order valence-corrected chi connectivity index (χ1v) is 3.71. The lowest BCUT2D eigenvalue weighted by atomic mass is 10.2. The average Bonchev–Trinajstić information content (AvgIpc) is 2.15. The third kappa shape index (κ3) is 2.56. The molecule has 0 bridgehead atoms. The van der Waals surface area contributed by atoms with E-state index in [0.29, 0.717) is 5.56 Å². The number of rotatable bonds is 2. The molecule has 13 heavy (non-hydrogen) atoms. The molecule has 0 atom stereocenters. The lowest BCUT2D eigenvalue weighted by Gasteiger charge is -1.99. The minimum absolute atomic E-state index is 0.229. The fourth-order valence-corrected chi connectivity index (χ4v) is 0.770. The van der Waals surface area contributed by atoms with Crippen LogP contribution in [-0.4, -0.2) is 17.6 Å². The van der Waals surface area contributed by atoms with Crippen LogP contribution in [0.1, 0.15) is 16.1 Å². The molecule has 0 aromatic carbocycles. The number of carbonyl (C=O) groups is 1. The Morgan fingerprint density at radius 3 is 3.00 bits per heavy atom. The van der Waals surface area contributed by atoms with Crippen LogP contribution < -0.4 is 0 Å². The van der Waals surface area contributed by atoms with Crippen molar-refractivity contribution in [3.8, 4) is 6.07 Å². The Hall–Kier alpha value is -1.89. The Kier molecular flexibility index (Phi) is 2.98. The Labute approximate surface area is 75.8 Å². The molecule has 0 N–H and O–H groups in total. The predicted molar refractivity (Wildman–Crippen MR) is 44.9 cm³/mol. The number of hydrogen-bond acceptors (Lipinski definition) is 4. The van der Waals surface area contributed by atoms with Gasteiger partial charge in [-0.2, -0.15) is 5.26 Å². The molecule has 4 nitrogen and oxygen atoms in total. The lowest BCUT2D eigenvalue weighted by Crippen LogP contribution is -2.05. The van der Waals surface area contributed by atoms with Crippen molar-refractivity contribution in [2.75, 3.05) is 6.61 Å². The largest absolute Gasteiger partial charge is 0.447 e. The summed E-state index contributed by atoms with van der Waals surface area (Å²) in [5.41, 5.74) is 1.19. The topological polar surface area (TPSA) is 63.0 Å². The summed E-state index contributed by atoms with van der Waals surface area (Å²) in [4.78, 5) is 15.0. The van der Waals surface area contributed by atoms with Gasteiger partial charge < -0.3 is 4.74 Å². The summed E-state index contributed by atoms with van der Waals surface area (Å²) >= 11 is 0. The summed E-state index contributed by atoms with van der Waals surface area (Å²) in [6.07, 6.45) is 1.43. The van der Waals surface area contributed by atoms with Crippen molar-refractivity contribution in [3.05, 3.63) is 29.6 Å². The Morgan fingerprint density at radius 2 is 2.46 bits per heavy atom. The smallest absolute Gasteiger partial charge is 0.340 e. The predicted octanol–water partition coefficient (Wildman–Crippen LogP) is 1.07. The van der Waals surface area contributed by atoms with Crippen LogP contribution in [-0.2, 0) is 4.74 Å². The summed E-state index contributed by atoms with van der Waals surface area (Å²) in [6, 6.07) is 5.04. The van der Waals surface area contributed by atoms with Crippen molar-refractivity contribution in [1.29, 1.82) is 5.26 Å². The van der Waals surface area contributed by atoms with Gasteiger partial charge in [-0.05, 0) is 19.1 Å². The fourth-order valence-electron chi connectivity index (χ4n) is 0.770. The molecule has 0 amide bonds. The molecule has 0 unspecified atom stereocenters. The van der Waals surface area contributed by atoms with Crippen molar-refractivity contribution < 1.29 is 9.53 Å². The van der Waals surface area contributed by atoms with Crippen LogP contribution in [0.25, 0.3) is 0 Å². The first kappa shape index (κ1) is 9.20. The van der Waals surface area contributed by atoms with E-state index >= 15 is 0 Å². The minimum Gasteiger partial charge on any atom is -0.447 e. The monoisotopic (exact) mass is 176 g/mol. The van der Waals surface area contributed by atoms with Crippen molar-refractivity contribution in [1.82, 2.24) is 4.98 Å². The quantitative estimate of drug-likeness (QED) is 0.632. The third-order valence-electron chi connectivity index (χ3n) is 1.41. The van der Waals surface area contributed by atoms with E-state index in [1.54, 1.807) is 18.2 Å². The molecule has 1 aromatic heterocycles. The normalized spacial score (nSPS) is 8.92. The molecule has 0 aliphatic heterocycles. The van der Waals surface area contributed by atoms with Gasteiger partial charge in [-0.3, -0.25) is 4.98 Å². The summed E-state index contributed by atoms with van der Waals surface area (Å²) in [6.45, 7) is 1.59. The van der Waals surface area contributed by atoms with E-state index in [4.69, 9.17) is 5.26 Å². The van der Waals surface area contributed by atoms with Crippen LogP contribution >= 0.6 is 0 Å². The van der Waals surface area contributed by atoms with Crippen LogP contribution in [0.2, 0.25) is 0 Å². The summed E-state index contributed by atoms with van der Waals surface area (Å²) in [7, 11) is 0. The van der Waals surface area contributed by atoms with Gasteiger partial charge in [0.25, 0.3) is 0 Å². The molecule has 0 saturated heterocycles. The lowest BCUT2D eigenvalue weighted by molar-refractivity contribution is 0.0554. The molecule has 0 aliphatic carbocycles. The maximum absolute atomic E-state index is 11.1. The van der Waals surface area contributed by atoms with Crippen LogP contribution in [0.4, 0.5) is 0 Å². The minimum atomic E-state index is -0.519. The van der Waals surface area contributed by atoms with Crippen LogP contribution in [0, 0.1) is 18.3 Å². The molecule has 0 radical (unpaired) electrons. The van der Waals surface area contributed by atoms with Crippen molar-refractivity contribution >= 4 is 5.97 Å². The highest BCUT2D eigenvalue weighted by atomic mass is 16.5. The van der Waals surface area contributed by atoms with E-state index in [9.17, 15) is 4.79 Å². The number of hydrogen-bond donors (Lipinski definition) is 0. The van der Waals surface area contributed by atoms with Gasteiger partial charge in [-0.1, -0.05) is 0 Å². The molecule has 0 spiro atoms. The Balaban J connectivity index is 2.68. The fraction of sp³-hybridized carbons (Fsp3) is 0.222. The second-order valence-electron chi connectivity index (χ2n) is 2.42. The first-order valence-electron chi connectivity index (χ1n) is 3.71. The van der Waals surface area contributed by atoms with Gasteiger partial charge in [0.1, 0.15) is 6.07 Å². The maximum Gasteiger partial charge on any atom is 0.340 e. The maximum atomic E-state index is 11.1. The summed E-state index contributed by atoms with van der Waals surface area (Å²) in [5.74, 6) is -0.519. The molecular weight excluding hydrogens is 168 g/mol. The third-order valence-corrected chi connectivity index (χ3v) is 1.41. The van der Waals surface area contributed by atoms with Gasteiger partial charge in [0.2, 0.25) is 0 Å². The van der Waals surface area contributed by atoms with Crippen LogP contribution in [0.15, 0.2) is 18.3 Å². The summed E-state index contributed by atoms with van der Waals surface area (Å²) < 4.78 is 4.58. The highest BCUT2D eigenvalue weighted by Crippen LogP contribution is 2.00. The molecule has 1 rings (SSSR count). The molecular formula is C9H8N2O2. The number of ether oxygens (including phenoxy) is 1. The van der Waals surface area contributed by atoms with E-state index in [1.807, 2.05) is 6.92 Å². The number of carbonyl (C=O) groups excluding carboxylic acids is 1. The SMILES string of the molecule is Cc1ccc(C(=O)OCC#N)cn1. The molecule has 66 valence electrons. The van der Waals surface area contributed by atoms with Crippen LogP contribution in [0.3, 0.4) is 0 Å². The number of pyridine rings is 1.